The Kier molecular flexibility index (Phi) is 6.45. The number of aliphatic hydroxyl groups is 5. The van der Waals surface area contributed by atoms with Gasteiger partial charge in [-0.1, -0.05) is 0 Å². The summed E-state index contributed by atoms with van der Waals surface area (Å²) in [5.74, 6) is -20.4. The number of nitrogens with one attached hydrogen (secondary N) is 1. The fourth-order valence-electron chi connectivity index (χ4n) is 3.22. The highest BCUT2D eigenvalue weighted by molar-refractivity contribution is 5.69. The molecule has 0 aliphatic carbocycles. The Bertz CT molecular complexity index is 1200. The summed E-state index contributed by atoms with van der Waals surface area (Å²) >= 11 is 0. The van der Waals surface area contributed by atoms with Gasteiger partial charge in [0.2, 0.25) is 34.5 Å². The standard InChI is InChI=1S/C19H23NO16/c1-5-7(21)12(26)16-15(8(5)22)34-19(32,36-35-16)18(30,31)4-20-3-17(28,29)6-9(23)11(25)13(27)14(33-2)10(6)24/h20-32H,3-4H2,1-2H3. The van der Waals surface area contributed by atoms with Gasteiger partial charge in [-0.2, -0.15) is 0 Å². The van der Waals surface area contributed by atoms with Crippen LogP contribution in [0.5, 0.6) is 57.5 Å². The third-order valence-electron chi connectivity index (χ3n) is 5.26. The molecule has 1 unspecified atom stereocenters. The first-order valence-electron chi connectivity index (χ1n) is 9.69. The molecule has 1 heterocycles. The molecule has 0 aromatic heterocycles. The van der Waals surface area contributed by atoms with Crippen LogP contribution in [0, 0.1) is 6.92 Å². The molecule has 3 rings (SSSR count). The Morgan fingerprint density at radius 2 is 1.39 bits per heavy atom. The predicted molar refractivity (Wildman–Crippen MR) is 109 cm³/mol. The number of fused-ring (bicyclic) bond motifs is 1. The van der Waals surface area contributed by atoms with Crippen molar-refractivity contribution in [3.63, 3.8) is 0 Å². The molecule has 2 aromatic carbocycles. The second-order valence-electron chi connectivity index (χ2n) is 7.72. The minimum Gasteiger partial charge on any atom is -0.504 e. The van der Waals surface area contributed by atoms with Crippen molar-refractivity contribution < 1.29 is 80.5 Å². The van der Waals surface area contributed by atoms with E-state index in [4.69, 9.17) is 4.74 Å². The van der Waals surface area contributed by atoms with Gasteiger partial charge in [-0.25, -0.2) is 0 Å². The molecule has 17 nitrogen and oxygen atoms in total. The molecule has 1 aliphatic heterocycles. The molecular weight excluding hydrogens is 498 g/mol. The summed E-state index contributed by atoms with van der Waals surface area (Å²) in [6.45, 7) is -1.26. The summed E-state index contributed by atoms with van der Waals surface area (Å²) in [7, 11) is 0.946. The average molecular weight is 521 g/mol. The van der Waals surface area contributed by atoms with Crippen molar-refractivity contribution in [3.05, 3.63) is 11.1 Å². The number of methoxy groups -OCH3 is 1. The molecular formula is C19H23NO16. The lowest BCUT2D eigenvalue weighted by Crippen LogP contribution is -2.66. The van der Waals surface area contributed by atoms with E-state index in [9.17, 15) is 61.3 Å². The highest BCUT2D eigenvalue weighted by Gasteiger charge is 2.59. The van der Waals surface area contributed by atoms with Crippen molar-refractivity contribution in [1.29, 1.82) is 0 Å². The van der Waals surface area contributed by atoms with Crippen molar-refractivity contribution in [2.45, 2.75) is 24.5 Å². The third-order valence-corrected chi connectivity index (χ3v) is 5.26. The molecule has 1 atom stereocenters. The van der Waals surface area contributed by atoms with Crippen LogP contribution in [-0.4, -0.2) is 93.2 Å². The van der Waals surface area contributed by atoms with E-state index in [0.29, 0.717) is 0 Å². The molecule has 13 N–H and O–H groups in total. The molecule has 0 saturated carbocycles. The first-order valence-corrected chi connectivity index (χ1v) is 9.69. The quantitative estimate of drug-likeness (QED) is 0.0769. The second-order valence-corrected chi connectivity index (χ2v) is 7.72. The summed E-state index contributed by atoms with van der Waals surface area (Å²) in [5.41, 5.74) is -1.49. The van der Waals surface area contributed by atoms with E-state index >= 15 is 0 Å². The summed E-state index contributed by atoms with van der Waals surface area (Å²) in [6.07, 6.45) is 0. The van der Waals surface area contributed by atoms with Crippen molar-refractivity contribution >= 4 is 0 Å². The number of hydrogen-bond acceptors (Lipinski definition) is 17. The minimum absolute atomic E-state index is 0.337. The highest BCUT2D eigenvalue weighted by atomic mass is 17.3. The summed E-state index contributed by atoms with van der Waals surface area (Å²) in [5, 5.41) is 123. The number of aromatic hydroxyl groups is 7. The van der Waals surface area contributed by atoms with Crippen LogP contribution in [0.1, 0.15) is 11.1 Å². The van der Waals surface area contributed by atoms with Crippen LogP contribution in [0.3, 0.4) is 0 Å². The minimum atomic E-state index is -3.53. The smallest absolute Gasteiger partial charge is 0.420 e. The van der Waals surface area contributed by atoms with E-state index in [1.807, 2.05) is 5.32 Å². The first kappa shape index (κ1) is 26.8. The zero-order valence-corrected chi connectivity index (χ0v) is 18.4. The van der Waals surface area contributed by atoms with Crippen molar-refractivity contribution in [3.8, 4) is 57.5 Å². The average Bonchev–Trinajstić information content (AvgIpc) is 2.79. The Morgan fingerprint density at radius 1 is 0.778 bits per heavy atom. The lowest BCUT2D eigenvalue weighted by molar-refractivity contribution is -0.525. The van der Waals surface area contributed by atoms with Gasteiger partial charge in [-0.15, -0.1) is 4.89 Å². The molecule has 0 bridgehead atoms. The van der Waals surface area contributed by atoms with Gasteiger partial charge in [0.25, 0.3) is 11.5 Å². The van der Waals surface area contributed by atoms with Gasteiger partial charge in [0, 0.05) is 5.56 Å². The Labute approximate surface area is 200 Å². The molecule has 0 fully saturated rings. The van der Waals surface area contributed by atoms with Gasteiger partial charge >= 0.3 is 5.97 Å². The Balaban J connectivity index is 1.83. The SMILES string of the molecule is COc1c(O)c(O)c(O)c(C(O)(O)CNCC(O)(O)C2(O)OOc3c(O)c(O)c(C)c(O)c3O2)c1O. The molecule has 17 heteroatoms. The number of rotatable bonds is 7. The largest absolute Gasteiger partial charge is 0.504 e. The number of ether oxygens (including phenoxy) is 2. The van der Waals surface area contributed by atoms with Crippen LogP contribution in [0.4, 0.5) is 0 Å². The number of phenols is 7. The maximum absolute atomic E-state index is 10.4. The van der Waals surface area contributed by atoms with E-state index in [-0.39, 0.29) is 5.56 Å². The number of benzene rings is 2. The topological polar surface area (TPSA) is 292 Å². The van der Waals surface area contributed by atoms with Gasteiger partial charge in [0.05, 0.1) is 20.2 Å². The van der Waals surface area contributed by atoms with Gasteiger partial charge in [0.15, 0.2) is 23.0 Å². The van der Waals surface area contributed by atoms with Crippen LogP contribution in [0.2, 0.25) is 0 Å². The fourth-order valence-corrected chi connectivity index (χ4v) is 3.22. The lowest BCUT2D eigenvalue weighted by atomic mass is 10.0. The summed E-state index contributed by atoms with van der Waals surface area (Å²) in [4.78, 5) is 8.93. The van der Waals surface area contributed by atoms with Crippen LogP contribution < -0.4 is 19.7 Å². The van der Waals surface area contributed by atoms with E-state index < -0.39 is 93.7 Å². The number of hydrogen-bond donors (Lipinski definition) is 13. The van der Waals surface area contributed by atoms with Crippen molar-refractivity contribution in [2.75, 3.05) is 20.2 Å². The summed E-state index contributed by atoms with van der Waals surface area (Å²) < 4.78 is 9.49. The van der Waals surface area contributed by atoms with Gasteiger partial charge in [-0.3, -0.25) is 0 Å². The predicted octanol–water partition coefficient (Wildman–Crippen LogP) is -2.60. The van der Waals surface area contributed by atoms with E-state index in [2.05, 4.69) is 14.5 Å². The third kappa shape index (κ3) is 3.99. The lowest BCUT2D eigenvalue weighted by Gasteiger charge is -2.39. The van der Waals surface area contributed by atoms with Gasteiger partial charge < -0.3 is 81.0 Å². The molecule has 0 amide bonds. The van der Waals surface area contributed by atoms with Crippen LogP contribution in [0.15, 0.2) is 0 Å². The van der Waals surface area contributed by atoms with Crippen LogP contribution in [0.25, 0.3) is 0 Å². The second kappa shape index (κ2) is 8.68. The zero-order valence-electron chi connectivity index (χ0n) is 18.4. The zero-order chi connectivity index (χ0) is 27.4. The Morgan fingerprint density at radius 3 is 1.97 bits per heavy atom. The van der Waals surface area contributed by atoms with Crippen LogP contribution in [-0.2, 0) is 10.7 Å². The van der Waals surface area contributed by atoms with E-state index in [1.54, 1.807) is 0 Å². The molecule has 2 aromatic rings. The van der Waals surface area contributed by atoms with E-state index in [1.165, 1.54) is 0 Å². The number of phenolic OH excluding ortho intramolecular Hbond substituents is 7. The molecule has 1 aliphatic rings. The molecule has 0 spiro atoms. The van der Waals surface area contributed by atoms with Crippen LogP contribution >= 0.6 is 0 Å². The normalized spacial score (nSPS) is 17.8. The molecule has 36 heavy (non-hydrogen) atoms. The van der Waals surface area contributed by atoms with Gasteiger partial charge in [-0.05, 0) is 6.92 Å². The van der Waals surface area contributed by atoms with E-state index in [0.717, 1.165) is 14.0 Å². The summed E-state index contributed by atoms with van der Waals surface area (Å²) in [6, 6.07) is 0. The maximum Gasteiger partial charge on any atom is 0.420 e. The molecule has 0 saturated heterocycles. The highest BCUT2D eigenvalue weighted by Crippen LogP contribution is 2.56. The molecule has 200 valence electrons. The monoisotopic (exact) mass is 521 g/mol. The fraction of sp³-hybridized carbons (Fsp3) is 0.368. The van der Waals surface area contributed by atoms with Crippen molar-refractivity contribution in [2.24, 2.45) is 0 Å². The Hall–Kier alpha value is -3.84. The van der Waals surface area contributed by atoms with Crippen molar-refractivity contribution in [1.82, 2.24) is 5.32 Å². The molecule has 0 radical (unpaired) electrons. The maximum atomic E-state index is 10.4. The van der Waals surface area contributed by atoms with Gasteiger partial charge in [0.1, 0.15) is 5.56 Å². The first-order chi connectivity index (χ1) is 16.5.